The Labute approximate surface area is 147 Å². The molecular formula is C19H24FN3O2. The zero-order valence-electron chi connectivity index (χ0n) is 14.4. The molecule has 0 radical (unpaired) electrons. The number of halogens is 1. The molecule has 2 atom stereocenters. The predicted octanol–water partition coefficient (Wildman–Crippen LogP) is 3.83. The molecule has 6 heteroatoms. The summed E-state index contributed by atoms with van der Waals surface area (Å²) in [5.41, 5.74) is 0.584. The molecule has 1 aromatic carbocycles. The van der Waals surface area contributed by atoms with Crippen molar-refractivity contribution in [1.29, 1.82) is 0 Å². The Morgan fingerprint density at radius 3 is 2.40 bits per heavy atom. The second kappa shape index (κ2) is 6.32. The van der Waals surface area contributed by atoms with Crippen molar-refractivity contribution < 1.29 is 14.0 Å². The molecule has 134 valence electrons. The molecule has 25 heavy (non-hydrogen) atoms. The zero-order chi connectivity index (χ0) is 17.6. The molecule has 2 heterocycles. The lowest BCUT2D eigenvalue weighted by Gasteiger charge is -2.38. The van der Waals surface area contributed by atoms with E-state index < -0.39 is 5.82 Å². The molecule has 5 nitrogen and oxygen atoms in total. The highest BCUT2D eigenvalue weighted by Crippen LogP contribution is 2.47. The Morgan fingerprint density at radius 2 is 1.72 bits per heavy atom. The molecule has 2 saturated heterocycles. The molecule has 4 fully saturated rings. The lowest BCUT2D eigenvalue weighted by atomic mass is 9.68. The minimum absolute atomic E-state index is 0.111. The Bertz CT molecular complexity index is 694. The summed E-state index contributed by atoms with van der Waals surface area (Å²) in [7, 11) is 0. The standard InChI is InChI=1S/C19H24FN3O2/c1-11(24)21-15-2-3-17(20)18(9-15)22-19(25)23-10-14-5-12-4-13(6-14)8-16(23)7-12/h2-3,9,12-14,16H,4-8,10H2,1H3,(H,21,24)(H,22,25). The van der Waals surface area contributed by atoms with Crippen LogP contribution in [-0.4, -0.2) is 29.4 Å². The number of benzene rings is 1. The van der Waals surface area contributed by atoms with Gasteiger partial charge in [-0.1, -0.05) is 0 Å². The fraction of sp³-hybridized carbons (Fsp3) is 0.579. The Balaban J connectivity index is 1.51. The van der Waals surface area contributed by atoms with Gasteiger partial charge in [-0.15, -0.1) is 0 Å². The molecule has 2 aliphatic carbocycles. The summed E-state index contributed by atoms with van der Waals surface area (Å²) in [6.45, 7) is 2.17. The van der Waals surface area contributed by atoms with Crippen LogP contribution in [0.5, 0.6) is 0 Å². The number of carbonyl (C=O) groups is 2. The minimum atomic E-state index is -0.497. The van der Waals surface area contributed by atoms with Crippen LogP contribution in [0.1, 0.15) is 39.0 Å². The average Bonchev–Trinajstić information content (AvgIpc) is 2.74. The first-order valence-corrected chi connectivity index (χ1v) is 9.12. The lowest BCUT2D eigenvalue weighted by molar-refractivity contribution is -0.114. The van der Waals surface area contributed by atoms with Gasteiger partial charge in [0.25, 0.3) is 0 Å². The molecule has 2 saturated carbocycles. The van der Waals surface area contributed by atoms with Crippen LogP contribution < -0.4 is 10.6 Å². The van der Waals surface area contributed by atoms with E-state index in [0.717, 1.165) is 31.2 Å². The average molecular weight is 345 g/mol. The van der Waals surface area contributed by atoms with Crippen LogP contribution in [0.2, 0.25) is 0 Å². The fourth-order valence-electron chi connectivity index (χ4n) is 5.12. The highest BCUT2D eigenvalue weighted by Gasteiger charge is 2.44. The molecule has 0 aromatic heterocycles. The van der Waals surface area contributed by atoms with Crippen LogP contribution in [0.4, 0.5) is 20.6 Å². The second-order valence-electron chi connectivity index (χ2n) is 7.89. The van der Waals surface area contributed by atoms with Gasteiger partial charge >= 0.3 is 6.03 Å². The van der Waals surface area contributed by atoms with E-state index in [1.54, 1.807) is 0 Å². The number of anilines is 2. The summed E-state index contributed by atoms with van der Waals surface area (Å²) < 4.78 is 14.1. The van der Waals surface area contributed by atoms with Crippen LogP contribution >= 0.6 is 0 Å². The van der Waals surface area contributed by atoms with Gasteiger partial charge in [-0.2, -0.15) is 0 Å². The van der Waals surface area contributed by atoms with Crippen molar-refractivity contribution in [2.24, 2.45) is 17.8 Å². The van der Waals surface area contributed by atoms with Crippen LogP contribution in [0.15, 0.2) is 18.2 Å². The number of urea groups is 1. The lowest BCUT2D eigenvalue weighted by Crippen LogP contribution is -2.44. The topological polar surface area (TPSA) is 61.4 Å². The summed E-state index contributed by atoms with van der Waals surface area (Å²) in [5.74, 6) is 1.35. The molecule has 5 rings (SSSR count). The van der Waals surface area contributed by atoms with E-state index in [1.165, 1.54) is 44.4 Å². The predicted molar refractivity (Wildman–Crippen MR) is 93.8 cm³/mol. The third-order valence-electron chi connectivity index (χ3n) is 5.90. The Morgan fingerprint density at radius 1 is 1.04 bits per heavy atom. The van der Waals surface area contributed by atoms with E-state index in [2.05, 4.69) is 10.6 Å². The molecule has 0 spiro atoms. The molecule has 3 amide bonds. The number of nitrogens with zero attached hydrogens (tertiary/aromatic N) is 1. The summed E-state index contributed by atoms with van der Waals surface area (Å²) in [6, 6.07) is 4.26. The highest BCUT2D eigenvalue weighted by molar-refractivity contribution is 5.92. The number of hydrogen-bond acceptors (Lipinski definition) is 2. The van der Waals surface area contributed by atoms with Crippen LogP contribution in [0, 0.1) is 23.6 Å². The first-order valence-electron chi connectivity index (χ1n) is 9.12. The molecule has 2 unspecified atom stereocenters. The fourth-order valence-corrected chi connectivity index (χ4v) is 5.12. The van der Waals surface area contributed by atoms with E-state index >= 15 is 0 Å². The third kappa shape index (κ3) is 3.34. The van der Waals surface area contributed by atoms with Gasteiger partial charge in [0.05, 0.1) is 5.69 Å². The quantitative estimate of drug-likeness (QED) is 0.856. The summed E-state index contributed by atoms with van der Waals surface area (Å²) >= 11 is 0. The van der Waals surface area contributed by atoms with E-state index in [0.29, 0.717) is 11.6 Å². The second-order valence-corrected chi connectivity index (χ2v) is 7.89. The van der Waals surface area contributed by atoms with E-state index in [1.807, 2.05) is 4.90 Å². The number of carbonyl (C=O) groups excluding carboxylic acids is 2. The van der Waals surface area contributed by atoms with Gasteiger partial charge in [0, 0.05) is 25.2 Å². The summed E-state index contributed by atoms with van der Waals surface area (Å²) in [4.78, 5) is 25.9. The number of amides is 3. The van der Waals surface area contributed by atoms with Crippen LogP contribution in [0.3, 0.4) is 0 Å². The maximum Gasteiger partial charge on any atom is 0.322 e. The van der Waals surface area contributed by atoms with Crippen LogP contribution in [0.25, 0.3) is 0 Å². The molecule has 2 aliphatic heterocycles. The molecule has 4 aliphatic rings. The highest BCUT2D eigenvalue weighted by atomic mass is 19.1. The first-order chi connectivity index (χ1) is 12.0. The maximum absolute atomic E-state index is 14.1. The van der Waals surface area contributed by atoms with E-state index in [9.17, 15) is 14.0 Å². The molecule has 1 aromatic rings. The Hall–Kier alpha value is -2.11. The van der Waals surface area contributed by atoms with Gasteiger partial charge in [-0.25, -0.2) is 9.18 Å². The number of rotatable bonds is 2. The minimum Gasteiger partial charge on any atom is -0.326 e. The smallest absolute Gasteiger partial charge is 0.322 e. The molecule has 2 N–H and O–H groups in total. The van der Waals surface area contributed by atoms with Crippen molar-refractivity contribution in [3.63, 3.8) is 0 Å². The molecular weight excluding hydrogens is 321 g/mol. The third-order valence-corrected chi connectivity index (χ3v) is 5.90. The van der Waals surface area contributed by atoms with E-state index in [-0.39, 0.29) is 23.7 Å². The van der Waals surface area contributed by atoms with Gasteiger partial charge in [-0.05, 0) is 68.1 Å². The van der Waals surface area contributed by atoms with Crippen molar-refractivity contribution in [3.05, 3.63) is 24.0 Å². The van der Waals surface area contributed by atoms with Crippen LogP contribution in [-0.2, 0) is 4.79 Å². The number of nitrogens with one attached hydrogen (secondary N) is 2. The molecule has 4 bridgehead atoms. The van der Waals surface area contributed by atoms with Gasteiger partial charge in [-0.3, -0.25) is 4.79 Å². The zero-order valence-corrected chi connectivity index (χ0v) is 14.4. The maximum atomic E-state index is 14.1. The van der Waals surface area contributed by atoms with Crippen molar-refractivity contribution in [3.8, 4) is 0 Å². The van der Waals surface area contributed by atoms with E-state index in [4.69, 9.17) is 0 Å². The number of hydrogen-bond donors (Lipinski definition) is 2. The SMILES string of the molecule is CC(=O)Nc1ccc(F)c(NC(=O)N2CC3CC4CC(C3)CC2C4)c1. The van der Waals surface area contributed by atoms with Crippen molar-refractivity contribution >= 4 is 23.3 Å². The van der Waals surface area contributed by atoms with Gasteiger partial charge < -0.3 is 15.5 Å². The summed E-state index contributed by atoms with van der Waals surface area (Å²) in [6.07, 6.45) is 5.92. The number of fused-ring (bicyclic) bond motifs is 1. The van der Waals surface area contributed by atoms with Gasteiger partial charge in [0.15, 0.2) is 0 Å². The van der Waals surface area contributed by atoms with Gasteiger partial charge in [0.1, 0.15) is 5.82 Å². The monoisotopic (exact) mass is 345 g/mol. The largest absolute Gasteiger partial charge is 0.326 e. The first kappa shape index (κ1) is 16.4. The van der Waals surface area contributed by atoms with Crippen molar-refractivity contribution in [1.82, 2.24) is 4.90 Å². The summed E-state index contributed by atoms with van der Waals surface area (Å²) in [5, 5.41) is 5.34. The van der Waals surface area contributed by atoms with Crippen molar-refractivity contribution in [2.75, 3.05) is 17.2 Å². The Kier molecular flexibility index (Phi) is 4.13. The van der Waals surface area contributed by atoms with Gasteiger partial charge in [0.2, 0.25) is 5.91 Å². The normalized spacial score (nSPS) is 30.1. The van der Waals surface area contributed by atoms with Crippen molar-refractivity contribution in [2.45, 2.75) is 45.1 Å².